The third-order valence-electron chi connectivity index (χ3n) is 3.10. The lowest BCUT2D eigenvalue weighted by Gasteiger charge is -2.08. The second kappa shape index (κ2) is 5.87. The molecule has 0 bridgehead atoms. The van der Waals surface area contributed by atoms with Crippen molar-refractivity contribution in [3.8, 4) is 5.75 Å². The molecule has 98 valence electrons. The summed E-state index contributed by atoms with van der Waals surface area (Å²) < 4.78 is 0. The average molecular weight is 248 g/mol. The van der Waals surface area contributed by atoms with Crippen LogP contribution in [-0.4, -0.2) is 30.1 Å². The van der Waals surface area contributed by atoms with Gasteiger partial charge in [0.2, 0.25) is 0 Å². The number of phenolic OH excluding ortho intramolecular Hbond substituents is 1. The summed E-state index contributed by atoms with van der Waals surface area (Å²) in [5, 5.41) is 15.6. The Balaban J connectivity index is 1.72. The second-order valence-corrected chi connectivity index (χ2v) is 4.84. The van der Waals surface area contributed by atoms with Crippen LogP contribution >= 0.6 is 0 Å². The fraction of sp³-hybridized carbons (Fsp3) is 0.500. The van der Waals surface area contributed by atoms with Gasteiger partial charge in [-0.05, 0) is 56.5 Å². The lowest BCUT2D eigenvalue weighted by Crippen LogP contribution is -2.28. The number of benzene rings is 1. The van der Waals surface area contributed by atoms with Crippen molar-refractivity contribution >= 4 is 5.91 Å². The van der Waals surface area contributed by atoms with Crippen molar-refractivity contribution in [1.29, 1.82) is 0 Å². The van der Waals surface area contributed by atoms with E-state index in [1.807, 2.05) is 6.92 Å². The van der Waals surface area contributed by atoms with Crippen molar-refractivity contribution in [1.82, 2.24) is 10.6 Å². The van der Waals surface area contributed by atoms with Crippen molar-refractivity contribution in [2.75, 3.05) is 13.1 Å². The van der Waals surface area contributed by atoms with Crippen LogP contribution in [0.3, 0.4) is 0 Å². The zero-order valence-electron chi connectivity index (χ0n) is 10.7. The van der Waals surface area contributed by atoms with Gasteiger partial charge in [-0.15, -0.1) is 0 Å². The van der Waals surface area contributed by atoms with Gasteiger partial charge in [0, 0.05) is 18.2 Å². The van der Waals surface area contributed by atoms with E-state index in [1.165, 1.54) is 18.9 Å². The molecular weight excluding hydrogens is 228 g/mol. The van der Waals surface area contributed by atoms with E-state index in [0.29, 0.717) is 12.1 Å². The van der Waals surface area contributed by atoms with E-state index in [0.717, 1.165) is 24.6 Å². The minimum absolute atomic E-state index is 0.0704. The van der Waals surface area contributed by atoms with E-state index in [9.17, 15) is 9.90 Å². The Kier molecular flexibility index (Phi) is 4.20. The number of nitrogens with one attached hydrogen (secondary N) is 2. The van der Waals surface area contributed by atoms with Crippen LogP contribution in [0.2, 0.25) is 0 Å². The van der Waals surface area contributed by atoms with Gasteiger partial charge in [-0.3, -0.25) is 4.79 Å². The van der Waals surface area contributed by atoms with Crippen LogP contribution in [0.15, 0.2) is 18.2 Å². The molecule has 2 rings (SSSR count). The lowest BCUT2D eigenvalue weighted by atomic mass is 10.1. The highest BCUT2D eigenvalue weighted by Crippen LogP contribution is 2.18. The number of phenols is 1. The molecule has 1 fully saturated rings. The summed E-state index contributed by atoms with van der Waals surface area (Å²) in [6.07, 6.45) is 3.53. The number of hydrogen-bond donors (Lipinski definition) is 3. The Bertz CT molecular complexity index is 428. The standard InChI is InChI=1S/C14H20N2O2/c1-10-9-12(17)5-6-13(10)14(18)16-8-2-7-15-11-3-4-11/h5-6,9,11,15,17H,2-4,7-8H2,1H3,(H,16,18). The van der Waals surface area contributed by atoms with Crippen molar-refractivity contribution in [2.45, 2.75) is 32.2 Å². The highest BCUT2D eigenvalue weighted by Gasteiger charge is 2.19. The molecule has 0 aliphatic heterocycles. The summed E-state index contributed by atoms with van der Waals surface area (Å²) in [4.78, 5) is 11.9. The van der Waals surface area contributed by atoms with Gasteiger partial charge in [0.1, 0.15) is 5.75 Å². The molecule has 1 aliphatic carbocycles. The van der Waals surface area contributed by atoms with E-state index in [4.69, 9.17) is 0 Å². The molecule has 4 heteroatoms. The summed E-state index contributed by atoms with van der Waals surface area (Å²) >= 11 is 0. The van der Waals surface area contributed by atoms with Gasteiger partial charge in [-0.1, -0.05) is 0 Å². The Labute approximate surface area is 107 Å². The molecule has 1 amide bonds. The zero-order chi connectivity index (χ0) is 13.0. The number of amides is 1. The summed E-state index contributed by atoms with van der Waals surface area (Å²) in [6.45, 7) is 3.46. The molecule has 4 nitrogen and oxygen atoms in total. The third-order valence-corrected chi connectivity index (χ3v) is 3.10. The summed E-state index contributed by atoms with van der Waals surface area (Å²) in [5.74, 6) is 0.122. The van der Waals surface area contributed by atoms with Crippen LogP contribution in [0, 0.1) is 6.92 Å². The molecule has 1 aromatic rings. The predicted molar refractivity (Wildman–Crippen MR) is 70.8 cm³/mol. The molecule has 18 heavy (non-hydrogen) atoms. The van der Waals surface area contributed by atoms with Gasteiger partial charge in [0.25, 0.3) is 5.91 Å². The number of hydrogen-bond acceptors (Lipinski definition) is 3. The first-order chi connectivity index (χ1) is 8.66. The Morgan fingerprint density at radius 3 is 2.83 bits per heavy atom. The number of aryl methyl sites for hydroxylation is 1. The predicted octanol–water partition coefficient (Wildman–Crippen LogP) is 1.57. The minimum atomic E-state index is -0.0704. The molecule has 1 saturated carbocycles. The van der Waals surface area contributed by atoms with Gasteiger partial charge < -0.3 is 15.7 Å². The van der Waals surface area contributed by atoms with E-state index in [1.54, 1.807) is 12.1 Å². The fourth-order valence-electron chi connectivity index (χ4n) is 1.88. The SMILES string of the molecule is Cc1cc(O)ccc1C(=O)NCCCNC1CC1. The quantitative estimate of drug-likeness (QED) is 0.670. The van der Waals surface area contributed by atoms with Gasteiger partial charge in [-0.2, -0.15) is 0 Å². The first-order valence-corrected chi connectivity index (χ1v) is 6.48. The maximum Gasteiger partial charge on any atom is 0.251 e. The number of carbonyl (C=O) groups excluding carboxylic acids is 1. The number of rotatable bonds is 6. The van der Waals surface area contributed by atoms with Crippen LogP contribution in [0.5, 0.6) is 5.75 Å². The number of carbonyl (C=O) groups is 1. The summed E-state index contributed by atoms with van der Waals surface area (Å²) in [5.41, 5.74) is 1.42. The van der Waals surface area contributed by atoms with E-state index >= 15 is 0 Å². The third kappa shape index (κ3) is 3.74. The molecule has 0 heterocycles. The molecule has 0 unspecified atom stereocenters. The van der Waals surface area contributed by atoms with Crippen LogP contribution in [0.4, 0.5) is 0 Å². The Morgan fingerprint density at radius 1 is 1.39 bits per heavy atom. The zero-order valence-corrected chi connectivity index (χ0v) is 10.7. The molecule has 3 N–H and O–H groups in total. The minimum Gasteiger partial charge on any atom is -0.508 e. The molecule has 1 aromatic carbocycles. The smallest absolute Gasteiger partial charge is 0.251 e. The normalized spacial score (nSPS) is 14.5. The lowest BCUT2D eigenvalue weighted by molar-refractivity contribution is 0.0952. The molecule has 1 aliphatic rings. The summed E-state index contributed by atoms with van der Waals surface area (Å²) in [6, 6.07) is 5.52. The van der Waals surface area contributed by atoms with E-state index in [-0.39, 0.29) is 11.7 Å². The maximum absolute atomic E-state index is 11.9. The maximum atomic E-state index is 11.9. The van der Waals surface area contributed by atoms with Gasteiger partial charge in [-0.25, -0.2) is 0 Å². The first kappa shape index (κ1) is 12.9. The Hall–Kier alpha value is -1.55. The molecule has 0 saturated heterocycles. The van der Waals surface area contributed by atoms with Crippen LogP contribution in [0.25, 0.3) is 0 Å². The first-order valence-electron chi connectivity index (χ1n) is 6.48. The van der Waals surface area contributed by atoms with Gasteiger partial charge in [0.15, 0.2) is 0 Å². The van der Waals surface area contributed by atoms with Crippen LogP contribution in [0.1, 0.15) is 35.2 Å². The molecule has 0 atom stereocenters. The topological polar surface area (TPSA) is 61.4 Å². The molecule has 0 spiro atoms. The van der Waals surface area contributed by atoms with E-state index in [2.05, 4.69) is 10.6 Å². The Morgan fingerprint density at radius 2 is 2.17 bits per heavy atom. The molecule has 0 aromatic heterocycles. The average Bonchev–Trinajstić information content (AvgIpc) is 3.12. The fourth-order valence-corrected chi connectivity index (χ4v) is 1.88. The van der Waals surface area contributed by atoms with Gasteiger partial charge >= 0.3 is 0 Å². The van der Waals surface area contributed by atoms with Crippen LogP contribution in [-0.2, 0) is 0 Å². The molecule has 0 radical (unpaired) electrons. The van der Waals surface area contributed by atoms with Gasteiger partial charge in [0.05, 0.1) is 0 Å². The number of aromatic hydroxyl groups is 1. The summed E-state index contributed by atoms with van der Waals surface area (Å²) in [7, 11) is 0. The van der Waals surface area contributed by atoms with Crippen molar-refractivity contribution in [3.05, 3.63) is 29.3 Å². The van der Waals surface area contributed by atoms with Crippen molar-refractivity contribution in [3.63, 3.8) is 0 Å². The van der Waals surface area contributed by atoms with Crippen molar-refractivity contribution in [2.24, 2.45) is 0 Å². The van der Waals surface area contributed by atoms with E-state index < -0.39 is 0 Å². The monoisotopic (exact) mass is 248 g/mol. The van der Waals surface area contributed by atoms with Crippen LogP contribution < -0.4 is 10.6 Å². The second-order valence-electron chi connectivity index (χ2n) is 4.84. The van der Waals surface area contributed by atoms with Crippen molar-refractivity contribution < 1.29 is 9.90 Å². The highest BCUT2D eigenvalue weighted by atomic mass is 16.3. The largest absolute Gasteiger partial charge is 0.508 e. The highest BCUT2D eigenvalue weighted by molar-refractivity contribution is 5.95. The molecular formula is C14H20N2O2.